The number of methoxy groups -OCH3 is 2. The van der Waals surface area contributed by atoms with Crippen LogP contribution in [0.25, 0.3) is 0 Å². The number of hydrogen-bond donors (Lipinski definition) is 1. The molecule has 0 heterocycles. The lowest BCUT2D eigenvalue weighted by Gasteiger charge is -2.21. The van der Waals surface area contributed by atoms with Crippen LogP contribution < -0.4 is 14.8 Å². The summed E-state index contributed by atoms with van der Waals surface area (Å²) in [6, 6.07) is 6.45. The van der Waals surface area contributed by atoms with Crippen LogP contribution in [0.15, 0.2) is 18.2 Å². The molecule has 1 N–H and O–H groups in total. The number of ether oxygens (including phenoxy) is 2. The van der Waals surface area contributed by atoms with Gasteiger partial charge in [-0.25, -0.2) is 0 Å². The molecule has 1 unspecified atom stereocenters. The summed E-state index contributed by atoms with van der Waals surface area (Å²) in [6.45, 7) is 4.47. The second-order valence-corrected chi connectivity index (χ2v) is 4.82. The molecule has 1 atom stereocenters. The summed E-state index contributed by atoms with van der Waals surface area (Å²) in [7, 11) is 5.43. The Labute approximate surface area is 110 Å². The fourth-order valence-electron chi connectivity index (χ4n) is 2.29. The largest absolute Gasteiger partial charge is 0.496 e. The van der Waals surface area contributed by atoms with Crippen molar-refractivity contribution in [2.24, 2.45) is 5.92 Å². The summed E-state index contributed by atoms with van der Waals surface area (Å²) in [4.78, 5) is 0. The van der Waals surface area contributed by atoms with Crippen molar-refractivity contribution in [3.05, 3.63) is 23.8 Å². The fourth-order valence-corrected chi connectivity index (χ4v) is 2.29. The highest BCUT2D eigenvalue weighted by Crippen LogP contribution is 2.30. The van der Waals surface area contributed by atoms with Crippen molar-refractivity contribution in [1.82, 2.24) is 5.32 Å². The Morgan fingerprint density at radius 2 is 1.67 bits per heavy atom. The molecule has 18 heavy (non-hydrogen) atoms. The smallest absolute Gasteiger partial charge is 0.125 e. The van der Waals surface area contributed by atoms with E-state index in [1.807, 2.05) is 25.2 Å². The Morgan fingerprint density at radius 1 is 1.11 bits per heavy atom. The van der Waals surface area contributed by atoms with Crippen molar-refractivity contribution in [2.45, 2.75) is 32.7 Å². The number of benzene rings is 1. The van der Waals surface area contributed by atoms with Crippen molar-refractivity contribution in [3.63, 3.8) is 0 Å². The van der Waals surface area contributed by atoms with Crippen LogP contribution in [0.3, 0.4) is 0 Å². The predicted octanol–water partition coefficient (Wildman–Crippen LogP) is 2.88. The lowest BCUT2D eigenvalue weighted by Crippen LogP contribution is -2.31. The van der Waals surface area contributed by atoms with Gasteiger partial charge in [-0.1, -0.05) is 19.9 Å². The molecule has 0 aliphatic rings. The van der Waals surface area contributed by atoms with Gasteiger partial charge in [-0.2, -0.15) is 0 Å². The van der Waals surface area contributed by atoms with Gasteiger partial charge in [0.2, 0.25) is 0 Å². The lowest BCUT2D eigenvalue weighted by atomic mass is 9.96. The van der Waals surface area contributed by atoms with Gasteiger partial charge in [0.25, 0.3) is 0 Å². The highest BCUT2D eigenvalue weighted by molar-refractivity contribution is 5.44. The van der Waals surface area contributed by atoms with E-state index in [0.29, 0.717) is 12.0 Å². The molecule has 1 aromatic rings. The van der Waals surface area contributed by atoms with E-state index in [9.17, 15) is 0 Å². The highest BCUT2D eigenvalue weighted by Gasteiger charge is 2.15. The van der Waals surface area contributed by atoms with Crippen molar-refractivity contribution in [1.29, 1.82) is 0 Å². The van der Waals surface area contributed by atoms with Crippen LogP contribution in [0.1, 0.15) is 25.8 Å². The molecule has 3 heteroatoms. The van der Waals surface area contributed by atoms with Crippen molar-refractivity contribution in [3.8, 4) is 11.5 Å². The summed E-state index contributed by atoms with van der Waals surface area (Å²) < 4.78 is 10.8. The minimum Gasteiger partial charge on any atom is -0.496 e. The van der Waals surface area contributed by atoms with Crippen LogP contribution >= 0.6 is 0 Å². The summed E-state index contributed by atoms with van der Waals surface area (Å²) in [5.74, 6) is 2.44. The molecule has 1 rings (SSSR count). The van der Waals surface area contributed by atoms with Gasteiger partial charge in [-0.05, 0) is 37.9 Å². The number of rotatable bonds is 7. The van der Waals surface area contributed by atoms with E-state index in [-0.39, 0.29) is 0 Å². The molecule has 0 aliphatic heterocycles. The molecule has 1 aromatic carbocycles. The van der Waals surface area contributed by atoms with Crippen LogP contribution in [-0.2, 0) is 6.42 Å². The maximum atomic E-state index is 5.41. The van der Waals surface area contributed by atoms with Crippen molar-refractivity contribution >= 4 is 0 Å². The number of hydrogen-bond acceptors (Lipinski definition) is 3. The van der Waals surface area contributed by atoms with Crippen LogP contribution in [0.5, 0.6) is 11.5 Å². The second-order valence-electron chi connectivity index (χ2n) is 4.82. The maximum absolute atomic E-state index is 5.41. The molecule has 0 aliphatic carbocycles. The fraction of sp³-hybridized carbons (Fsp3) is 0.600. The van der Waals surface area contributed by atoms with Crippen LogP contribution in [0.4, 0.5) is 0 Å². The zero-order valence-electron chi connectivity index (χ0n) is 12.1. The Morgan fingerprint density at radius 3 is 2.06 bits per heavy atom. The van der Waals surface area contributed by atoms with Crippen LogP contribution in [-0.4, -0.2) is 27.3 Å². The molecule has 0 spiro atoms. The first kappa shape index (κ1) is 14.8. The monoisotopic (exact) mass is 251 g/mol. The molecule has 0 amide bonds. The quantitative estimate of drug-likeness (QED) is 0.808. The second kappa shape index (κ2) is 7.27. The van der Waals surface area contributed by atoms with E-state index in [1.165, 1.54) is 0 Å². The first-order chi connectivity index (χ1) is 8.63. The van der Waals surface area contributed by atoms with E-state index < -0.39 is 0 Å². The summed E-state index contributed by atoms with van der Waals surface area (Å²) in [5.41, 5.74) is 1.16. The molecule has 0 fully saturated rings. The molecule has 0 bridgehead atoms. The predicted molar refractivity (Wildman–Crippen MR) is 75.6 cm³/mol. The zero-order chi connectivity index (χ0) is 13.5. The Balaban J connectivity index is 2.82. The highest BCUT2D eigenvalue weighted by atomic mass is 16.5. The van der Waals surface area contributed by atoms with E-state index in [0.717, 1.165) is 29.9 Å². The van der Waals surface area contributed by atoms with Crippen molar-refractivity contribution < 1.29 is 9.47 Å². The van der Waals surface area contributed by atoms with Crippen LogP contribution in [0, 0.1) is 5.92 Å². The van der Waals surface area contributed by atoms with Gasteiger partial charge in [-0.3, -0.25) is 0 Å². The van der Waals surface area contributed by atoms with E-state index in [2.05, 4.69) is 19.2 Å². The van der Waals surface area contributed by atoms with E-state index >= 15 is 0 Å². The standard InChI is InChI=1S/C15H25NO2/c1-11(2)13(16-3)10-9-12-14(17-4)7-6-8-15(12)18-5/h6-8,11,13,16H,9-10H2,1-5H3. The normalized spacial score (nSPS) is 12.6. The molecular weight excluding hydrogens is 226 g/mol. The van der Waals surface area contributed by atoms with Gasteiger partial charge in [0.1, 0.15) is 11.5 Å². The zero-order valence-corrected chi connectivity index (χ0v) is 12.1. The first-order valence-corrected chi connectivity index (χ1v) is 6.51. The van der Waals surface area contributed by atoms with Gasteiger partial charge in [0.15, 0.2) is 0 Å². The van der Waals surface area contributed by atoms with Crippen molar-refractivity contribution in [2.75, 3.05) is 21.3 Å². The Kier molecular flexibility index (Phi) is 5.99. The SMILES string of the molecule is CNC(CCc1c(OC)cccc1OC)C(C)C. The molecule has 0 aromatic heterocycles. The summed E-state index contributed by atoms with van der Waals surface area (Å²) in [5, 5.41) is 3.37. The topological polar surface area (TPSA) is 30.5 Å². The third-order valence-electron chi connectivity index (χ3n) is 3.41. The Bertz CT molecular complexity index is 341. The molecule has 3 nitrogen and oxygen atoms in total. The minimum atomic E-state index is 0.514. The summed E-state index contributed by atoms with van der Waals surface area (Å²) in [6.07, 6.45) is 2.03. The van der Waals surface area contributed by atoms with Gasteiger partial charge in [0, 0.05) is 11.6 Å². The maximum Gasteiger partial charge on any atom is 0.125 e. The van der Waals surface area contributed by atoms with Crippen LogP contribution in [0.2, 0.25) is 0 Å². The van der Waals surface area contributed by atoms with Gasteiger partial charge >= 0.3 is 0 Å². The number of nitrogens with one attached hydrogen (secondary N) is 1. The van der Waals surface area contributed by atoms with Gasteiger partial charge < -0.3 is 14.8 Å². The molecule has 0 saturated heterocycles. The summed E-state index contributed by atoms with van der Waals surface area (Å²) >= 11 is 0. The minimum absolute atomic E-state index is 0.514. The molecular formula is C15H25NO2. The third kappa shape index (κ3) is 3.64. The van der Waals surface area contributed by atoms with Gasteiger partial charge in [-0.15, -0.1) is 0 Å². The third-order valence-corrected chi connectivity index (χ3v) is 3.41. The van der Waals surface area contributed by atoms with E-state index in [1.54, 1.807) is 14.2 Å². The van der Waals surface area contributed by atoms with E-state index in [4.69, 9.17) is 9.47 Å². The first-order valence-electron chi connectivity index (χ1n) is 6.51. The lowest BCUT2D eigenvalue weighted by molar-refractivity contribution is 0.371. The van der Waals surface area contributed by atoms with Gasteiger partial charge in [0.05, 0.1) is 14.2 Å². The molecule has 102 valence electrons. The molecule has 0 saturated carbocycles. The molecule has 0 radical (unpaired) electrons. The Hall–Kier alpha value is -1.22. The average Bonchev–Trinajstić information content (AvgIpc) is 2.38. The average molecular weight is 251 g/mol.